The summed E-state index contributed by atoms with van der Waals surface area (Å²) in [4.78, 5) is 0. The Kier molecular flexibility index (Phi) is 3.33. The normalized spacial score (nSPS) is 16.2. The van der Waals surface area contributed by atoms with Crippen LogP contribution in [-0.4, -0.2) is 6.54 Å². The van der Waals surface area contributed by atoms with Crippen LogP contribution in [0.1, 0.15) is 30.5 Å². The molecule has 1 aromatic carbocycles. The minimum absolute atomic E-state index is 0.100. The molecule has 15 heavy (non-hydrogen) atoms. The van der Waals surface area contributed by atoms with Gasteiger partial charge in [0.1, 0.15) is 0 Å². The van der Waals surface area contributed by atoms with Crippen LogP contribution in [0.25, 0.3) is 0 Å². The summed E-state index contributed by atoms with van der Waals surface area (Å²) in [5, 5.41) is 3.39. The molecule has 1 nitrogen and oxygen atoms in total. The van der Waals surface area contributed by atoms with Gasteiger partial charge < -0.3 is 5.32 Å². The minimum atomic E-state index is 0.100. The maximum absolute atomic E-state index is 4.34. The zero-order chi connectivity index (χ0) is 10.9. The summed E-state index contributed by atoms with van der Waals surface area (Å²) in [6.45, 7) is 6.55. The summed E-state index contributed by atoms with van der Waals surface area (Å²) in [5.74, 6) is 0. The van der Waals surface area contributed by atoms with E-state index in [1.54, 1.807) is 10.8 Å². The predicted molar refractivity (Wildman–Crippen MR) is 71.5 cm³/mol. The van der Waals surface area contributed by atoms with E-state index in [2.05, 4.69) is 49.0 Å². The predicted octanol–water partition coefficient (Wildman–Crippen LogP) is 3.15. The van der Waals surface area contributed by atoms with Crippen LogP contribution in [0.3, 0.4) is 0 Å². The second-order valence-electron chi connectivity index (χ2n) is 4.51. The van der Waals surface area contributed by atoms with Crippen LogP contribution in [0.2, 0.25) is 0 Å². The van der Waals surface area contributed by atoms with Crippen molar-refractivity contribution >= 4 is 22.5 Å². The molecule has 82 valence electrons. The van der Waals surface area contributed by atoms with E-state index in [1.807, 2.05) is 0 Å². The van der Waals surface area contributed by atoms with Crippen molar-refractivity contribution in [2.75, 3.05) is 6.54 Å². The maximum atomic E-state index is 4.34. The fraction of sp³-hybridized carbons (Fsp3) is 0.500. The highest BCUT2D eigenvalue weighted by molar-refractivity contribution is 8.68. The van der Waals surface area contributed by atoms with Gasteiger partial charge in [-0.25, -0.2) is 0 Å². The quantitative estimate of drug-likeness (QED) is 0.607. The lowest BCUT2D eigenvalue weighted by molar-refractivity contribution is 0.640. The Morgan fingerprint density at radius 1 is 1.33 bits per heavy atom. The number of hydrogen-bond donors (Lipinski definition) is 2. The molecule has 0 aliphatic carbocycles. The van der Waals surface area contributed by atoms with Gasteiger partial charge in [0.15, 0.2) is 0 Å². The van der Waals surface area contributed by atoms with E-state index in [9.17, 15) is 0 Å². The van der Waals surface area contributed by atoms with Crippen molar-refractivity contribution in [1.82, 2.24) is 5.32 Å². The lowest BCUT2D eigenvalue weighted by Crippen LogP contribution is -2.24. The largest absolute Gasteiger partial charge is 0.312 e. The van der Waals surface area contributed by atoms with Crippen LogP contribution in [0, 0.1) is 0 Å². The van der Waals surface area contributed by atoms with Crippen LogP contribution in [-0.2, 0) is 17.7 Å². The van der Waals surface area contributed by atoms with E-state index in [0.717, 1.165) is 19.5 Å². The zero-order valence-corrected chi connectivity index (χ0v) is 10.9. The number of hydrogen-bond acceptors (Lipinski definition) is 3. The van der Waals surface area contributed by atoms with E-state index in [0.29, 0.717) is 0 Å². The molecule has 0 aromatic heterocycles. The van der Waals surface area contributed by atoms with Crippen LogP contribution >= 0.6 is 22.5 Å². The van der Waals surface area contributed by atoms with Gasteiger partial charge in [-0.05, 0) is 43.5 Å². The Hall–Kier alpha value is -0.120. The van der Waals surface area contributed by atoms with Gasteiger partial charge in [0.2, 0.25) is 0 Å². The molecule has 1 N–H and O–H groups in total. The fourth-order valence-electron chi connectivity index (χ4n) is 1.90. The monoisotopic (exact) mass is 239 g/mol. The highest BCUT2D eigenvalue weighted by Crippen LogP contribution is 2.38. The van der Waals surface area contributed by atoms with E-state index in [4.69, 9.17) is 0 Å². The average molecular weight is 239 g/mol. The molecule has 3 heteroatoms. The van der Waals surface area contributed by atoms with E-state index >= 15 is 0 Å². The lowest BCUT2D eigenvalue weighted by Gasteiger charge is -2.25. The minimum Gasteiger partial charge on any atom is -0.312 e. The summed E-state index contributed by atoms with van der Waals surface area (Å²) < 4.78 is 0.100. The molecule has 0 spiro atoms. The van der Waals surface area contributed by atoms with Gasteiger partial charge in [0, 0.05) is 11.3 Å². The molecule has 0 unspecified atom stereocenters. The van der Waals surface area contributed by atoms with Crippen LogP contribution in [0.4, 0.5) is 0 Å². The molecule has 0 fully saturated rings. The summed E-state index contributed by atoms with van der Waals surface area (Å²) in [5.41, 5.74) is 4.33. The number of rotatable bonds is 2. The van der Waals surface area contributed by atoms with Crippen LogP contribution < -0.4 is 5.32 Å². The Bertz CT molecular complexity index is 361. The van der Waals surface area contributed by atoms with Crippen molar-refractivity contribution in [3.63, 3.8) is 0 Å². The first-order valence-electron chi connectivity index (χ1n) is 5.29. The number of fused-ring (bicyclic) bond motifs is 1. The van der Waals surface area contributed by atoms with Gasteiger partial charge >= 0.3 is 0 Å². The fourth-order valence-corrected chi connectivity index (χ4v) is 2.45. The third kappa shape index (κ3) is 2.35. The van der Waals surface area contributed by atoms with Crippen molar-refractivity contribution in [2.24, 2.45) is 0 Å². The highest BCUT2D eigenvalue weighted by Gasteiger charge is 2.21. The van der Waals surface area contributed by atoms with Crippen LogP contribution in [0.15, 0.2) is 18.2 Å². The standard InChI is InChI=1S/C12H17NS2/c1-12(2,15-14)11-4-3-10-8-13-6-5-9(10)7-11/h3-4,7,13-14H,5-6,8H2,1-2H3. The maximum Gasteiger partial charge on any atom is 0.0453 e. The first kappa shape index (κ1) is 11.4. The van der Waals surface area contributed by atoms with Crippen molar-refractivity contribution in [3.8, 4) is 0 Å². The van der Waals surface area contributed by atoms with Crippen molar-refractivity contribution in [3.05, 3.63) is 34.9 Å². The van der Waals surface area contributed by atoms with Crippen molar-refractivity contribution in [2.45, 2.75) is 31.6 Å². The molecule has 0 atom stereocenters. The van der Waals surface area contributed by atoms with E-state index in [-0.39, 0.29) is 4.75 Å². The summed E-state index contributed by atoms with van der Waals surface area (Å²) in [6.07, 6.45) is 1.15. The summed E-state index contributed by atoms with van der Waals surface area (Å²) >= 11 is 4.34. The Balaban J connectivity index is 2.36. The third-order valence-corrected chi connectivity index (χ3v) is 5.08. The van der Waals surface area contributed by atoms with Gasteiger partial charge in [-0.15, -0.1) is 11.7 Å². The topological polar surface area (TPSA) is 12.0 Å². The summed E-state index contributed by atoms with van der Waals surface area (Å²) in [7, 11) is 1.61. The Morgan fingerprint density at radius 3 is 2.87 bits per heavy atom. The highest BCUT2D eigenvalue weighted by atomic mass is 33.1. The van der Waals surface area contributed by atoms with Crippen LogP contribution in [0.5, 0.6) is 0 Å². The second-order valence-corrected chi connectivity index (χ2v) is 6.26. The van der Waals surface area contributed by atoms with Crippen molar-refractivity contribution < 1.29 is 0 Å². The number of benzene rings is 1. The lowest BCUT2D eigenvalue weighted by atomic mass is 9.93. The van der Waals surface area contributed by atoms with Gasteiger partial charge in [-0.1, -0.05) is 29.0 Å². The zero-order valence-electron chi connectivity index (χ0n) is 9.21. The molecule has 1 aliphatic rings. The molecular formula is C12H17NS2. The van der Waals surface area contributed by atoms with Gasteiger partial charge in [-0.3, -0.25) is 0 Å². The second kappa shape index (κ2) is 4.40. The SMILES string of the molecule is CC(C)(SS)c1ccc2c(c1)CCNC2. The molecule has 2 rings (SSSR count). The molecular weight excluding hydrogens is 222 g/mol. The molecule has 0 saturated carbocycles. The molecule has 0 bridgehead atoms. The summed E-state index contributed by atoms with van der Waals surface area (Å²) in [6, 6.07) is 6.83. The molecule has 1 aromatic rings. The Labute approximate surface area is 101 Å². The Morgan fingerprint density at radius 2 is 2.13 bits per heavy atom. The van der Waals surface area contributed by atoms with E-state index < -0.39 is 0 Å². The molecule has 0 saturated heterocycles. The van der Waals surface area contributed by atoms with Gasteiger partial charge in [0.05, 0.1) is 0 Å². The smallest absolute Gasteiger partial charge is 0.0453 e. The van der Waals surface area contributed by atoms with Crippen molar-refractivity contribution in [1.29, 1.82) is 0 Å². The molecule has 1 aliphatic heterocycles. The third-order valence-electron chi connectivity index (χ3n) is 3.02. The van der Waals surface area contributed by atoms with Gasteiger partial charge in [0.25, 0.3) is 0 Å². The number of thiol groups is 1. The number of nitrogens with one attached hydrogen (secondary N) is 1. The first-order valence-corrected chi connectivity index (χ1v) is 7.16. The average Bonchev–Trinajstić information content (AvgIpc) is 2.28. The first-order chi connectivity index (χ1) is 7.13. The molecule has 0 radical (unpaired) electrons. The van der Waals surface area contributed by atoms with Gasteiger partial charge in [-0.2, -0.15) is 0 Å². The van der Waals surface area contributed by atoms with E-state index in [1.165, 1.54) is 16.7 Å². The molecule has 0 amide bonds. The molecule has 1 heterocycles.